The molecule has 7 heteroatoms. The molecular formula is C13H16N4O2S. The fourth-order valence-electron chi connectivity index (χ4n) is 1.87. The van der Waals surface area contributed by atoms with Gasteiger partial charge < -0.3 is 9.67 Å². The van der Waals surface area contributed by atoms with Gasteiger partial charge in [-0.15, -0.1) is 10.2 Å². The number of nitrogens with zero attached hydrogens (tertiary/aromatic N) is 4. The maximum Gasteiger partial charge on any atom is 0.313 e. The lowest BCUT2D eigenvalue weighted by atomic mass is 10.2. The van der Waals surface area contributed by atoms with Gasteiger partial charge in [0.15, 0.2) is 11.0 Å². The third-order valence-corrected chi connectivity index (χ3v) is 3.69. The third kappa shape index (κ3) is 3.16. The molecule has 0 aromatic carbocycles. The smallest absolute Gasteiger partial charge is 0.313 e. The van der Waals surface area contributed by atoms with Crippen molar-refractivity contribution in [2.45, 2.75) is 32.0 Å². The van der Waals surface area contributed by atoms with Crippen LogP contribution in [-0.4, -0.2) is 36.6 Å². The first-order valence-electron chi connectivity index (χ1n) is 6.33. The molecule has 2 rings (SSSR count). The number of pyridine rings is 1. The van der Waals surface area contributed by atoms with Crippen molar-refractivity contribution in [1.82, 2.24) is 19.7 Å². The van der Waals surface area contributed by atoms with Crippen LogP contribution in [0.25, 0.3) is 11.4 Å². The Morgan fingerprint density at radius 1 is 1.45 bits per heavy atom. The number of rotatable bonds is 6. The quantitative estimate of drug-likeness (QED) is 0.822. The second kappa shape index (κ2) is 6.51. The predicted molar refractivity (Wildman–Crippen MR) is 76.6 cm³/mol. The van der Waals surface area contributed by atoms with Crippen molar-refractivity contribution in [2.24, 2.45) is 0 Å². The van der Waals surface area contributed by atoms with Crippen molar-refractivity contribution in [3.8, 4) is 11.4 Å². The summed E-state index contributed by atoms with van der Waals surface area (Å²) in [5.41, 5.74) is 1.81. The number of hydrogen-bond acceptors (Lipinski definition) is 5. The summed E-state index contributed by atoms with van der Waals surface area (Å²) in [6.07, 6.45) is 2.66. The molecular weight excluding hydrogens is 276 g/mol. The van der Waals surface area contributed by atoms with Crippen molar-refractivity contribution >= 4 is 17.7 Å². The molecule has 0 saturated carbocycles. The first-order valence-corrected chi connectivity index (χ1v) is 7.31. The van der Waals surface area contributed by atoms with E-state index in [-0.39, 0.29) is 5.75 Å². The lowest BCUT2D eigenvalue weighted by Gasteiger charge is -2.09. The minimum absolute atomic E-state index is 0.0200. The predicted octanol–water partition coefficient (Wildman–Crippen LogP) is 2.24. The van der Waals surface area contributed by atoms with Gasteiger partial charge in [0.05, 0.1) is 5.75 Å². The van der Waals surface area contributed by atoms with Crippen molar-refractivity contribution in [1.29, 1.82) is 0 Å². The van der Waals surface area contributed by atoms with Crippen LogP contribution in [0.15, 0.2) is 23.5 Å². The van der Waals surface area contributed by atoms with E-state index in [9.17, 15) is 4.79 Å². The number of hydrogen-bond donors (Lipinski definition) is 1. The maximum absolute atomic E-state index is 10.7. The molecule has 1 N–H and O–H groups in total. The van der Waals surface area contributed by atoms with E-state index in [4.69, 9.17) is 5.11 Å². The SMILES string of the molecule is CCCn1c(SCC(=O)O)nnc1-c1cccnc1C. The van der Waals surface area contributed by atoms with Gasteiger partial charge in [-0.25, -0.2) is 0 Å². The lowest BCUT2D eigenvalue weighted by molar-refractivity contribution is -0.133. The number of carboxylic acids is 1. The van der Waals surface area contributed by atoms with E-state index >= 15 is 0 Å². The Hall–Kier alpha value is -1.89. The summed E-state index contributed by atoms with van der Waals surface area (Å²) in [6, 6.07) is 3.81. The average molecular weight is 292 g/mol. The van der Waals surface area contributed by atoms with Crippen LogP contribution < -0.4 is 0 Å². The van der Waals surface area contributed by atoms with E-state index in [2.05, 4.69) is 22.1 Å². The normalized spacial score (nSPS) is 10.7. The molecule has 2 aromatic rings. The van der Waals surface area contributed by atoms with Crippen LogP contribution in [0, 0.1) is 6.92 Å². The van der Waals surface area contributed by atoms with E-state index in [0.717, 1.165) is 30.0 Å². The largest absolute Gasteiger partial charge is 0.481 e. The first kappa shape index (κ1) is 14.5. The summed E-state index contributed by atoms with van der Waals surface area (Å²) in [6.45, 7) is 4.73. The van der Waals surface area contributed by atoms with Crippen molar-refractivity contribution in [3.63, 3.8) is 0 Å². The highest BCUT2D eigenvalue weighted by atomic mass is 32.2. The summed E-state index contributed by atoms with van der Waals surface area (Å²) in [5, 5.41) is 17.7. The molecule has 0 amide bonds. The maximum atomic E-state index is 10.7. The summed E-state index contributed by atoms with van der Waals surface area (Å²) in [5.74, 6) is -0.140. The number of aliphatic carboxylic acids is 1. The minimum Gasteiger partial charge on any atom is -0.481 e. The molecule has 0 atom stereocenters. The number of carbonyl (C=O) groups is 1. The number of aryl methyl sites for hydroxylation is 1. The van der Waals surface area contributed by atoms with Crippen LogP contribution in [0.1, 0.15) is 19.0 Å². The molecule has 0 unspecified atom stereocenters. The molecule has 106 valence electrons. The third-order valence-electron chi connectivity index (χ3n) is 2.74. The lowest BCUT2D eigenvalue weighted by Crippen LogP contribution is -2.05. The minimum atomic E-state index is -0.861. The van der Waals surface area contributed by atoms with Gasteiger partial charge in [0.25, 0.3) is 0 Å². The van der Waals surface area contributed by atoms with Crippen LogP contribution in [0.2, 0.25) is 0 Å². The van der Waals surface area contributed by atoms with Crippen molar-refractivity contribution in [2.75, 3.05) is 5.75 Å². The van der Waals surface area contributed by atoms with Gasteiger partial charge >= 0.3 is 5.97 Å². The van der Waals surface area contributed by atoms with E-state index in [1.165, 1.54) is 11.8 Å². The molecule has 0 aliphatic rings. The van der Waals surface area contributed by atoms with Gasteiger partial charge in [-0.2, -0.15) is 0 Å². The van der Waals surface area contributed by atoms with Gasteiger partial charge in [-0.1, -0.05) is 18.7 Å². The highest BCUT2D eigenvalue weighted by Crippen LogP contribution is 2.25. The number of thioether (sulfide) groups is 1. The molecule has 0 aliphatic carbocycles. The molecule has 6 nitrogen and oxygen atoms in total. The molecule has 2 aromatic heterocycles. The van der Waals surface area contributed by atoms with Crippen molar-refractivity contribution < 1.29 is 9.90 Å². The Kier molecular flexibility index (Phi) is 4.73. The van der Waals surface area contributed by atoms with E-state index in [1.54, 1.807) is 6.20 Å². The number of carboxylic acid groups (broad SMARTS) is 1. The second-order valence-corrected chi connectivity index (χ2v) is 5.22. The average Bonchev–Trinajstić information content (AvgIpc) is 2.80. The van der Waals surface area contributed by atoms with Gasteiger partial charge in [0.2, 0.25) is 0 Å². The van der Waals surface area contributed by atoms with Gasteiger partial charge in [-0.05, 0) is 25.5 Å². The Bertz CT molecular complexity index is 612. The monoisotopic (exact) mass is 292 g/mol. The summed E-state index contributed by atoms with van der Waals surface area (Å²) in [4.78, 5) is 14.9. The Labute approximate surface area is 121 Å². The van der Waals surface area contributed by atoms with E-state index in [1.807, 2.05) is 23.6 Å². The fourth-order valence-corrected chi connectivity index (χ4v) is 2.55. The van der Waals surface area contributed by atoms with Crippen LogP contribution in [0.5, 0.6) is 0 Å². The molecule has 0 saturated heterocycles. The fraction of sp³-hybridized carbons (Fsp3) is 0.385. The zero-order chi connectivity index (χ0) is 14.5. The van der Waals surface area contributed by atoms with Gasteiger partial charge in [0, 0.05) is 24.0 Å². The van der Waals surface area contributed by atoms with Crippen molar-refractivity contribution in [3.05, 3.63) is 24.0 Å². The highest BCUT2D eigenvalue weighted by Gasteiger charge is 2.16. The first-order chi connectivity index (χ1) is 9.63. The highest BCUT2D eigenvalue weighted by molar-refractivity contribution is 7.99. The molecule has 0 fully saturated rings. The molecule has 0 aliphatic heterocycles. The zero-order valence-electron chi connectivity index (χ0n) is 11.4. The molecule has 0 radical (unpaired) electrons. The van der Waals surface area contributed by atoms with Crippen LogP contribution in [0.4, 0.5) is 0 Å². The zero-order valence-corrected chi connectivity index (χ0v) is 12.2. The van der Waals surface area contributed by atoms with Crippen LogP contribution >= 0.6 is 11.8 Å². The second-order valence-electron chi connectivity index (χ2n) is 4.28. The van der Waals surface area contributed by atoms with Gasteiger partial charge in [-0.3, -0.25) is 9.78 Å². The van der Waals surface area contributed by atoms with Gasteiger partial charge in [0.1, 0.15) is 0 Å². The summed E-state index contributed by atoms with van der Waals surface area (Å²) < 4.78 is 1.96. The Morgan fingerprint density at radius 2 is 2.25 bits per heavy atom. The summed E-state index contributed by atoms with van der Waals surface area (Å²) >= 11 is 1.19. The Balaban J connectivity index is 2.38. The van der Waals surface area contributed by atoms with E-state index in [0.29, 0.717) is 5.16 Å². The molecule has 2 heterocycles. The van der Waals surface area contributed by atoms with E-state index < -0.39 is 5.97 Å². The molecule has 20 heavy (non-hydrogen) atoms. The van der Waals surface area contributed by atoms with Crippen LogP contribution in [-0.2, 0) is 11.3 Å². The standard InChI is InChI=1S/C13H16N4O2S/c1-3-7-17-12(10-5-4-6-14-9(10)2)15-16-13(17)20-8-11(18)19/h4-6H,3,7-8H2,1-2H3,(H,18,19). The molecule has 0 spiro atoms. The summed E-state index contributed by atoms with van der Waals surface area (Å²) in [7, 11) is 0. The van der Waals surface area contributed by atoms with Crippen LogP contribution in [0.3, 0.4) is 0 Å². The molecule has 0 bridgehead atoms. The Morgan fingerprint density at radius 3 is 2.90 bits per heavy atom. The number of aromatic nitrogens is 4. The topological polar surface area (TPSA) is 80.9 Å².